The summed E-state index contributed by atoms with van der Waals surface area (Å²) in [4.78, 5) is 22.5. The monoisotopic (exact) mass is 399 g/mol. The van der Waals surface area contributed by atoms with Gasteiger partial charge in [-0.2, -0.15) is 0 Å². The Balaban J connectivity index is 1.81. The van der Waals surface area contributed by atoms with E-state index in [1.54, 1.807) is 19.9 Å². The van der Waals surface area contributed by atoms with Crippen molar-refractivity contribution >= 4 is 13.8 Å². The standard InChI is InChI=1S/C23H38BN3O2/c1-22(2,29)19-16-18(25-20(26-19)17-12-8-9-13-17)21(28)27-23(24)14-10-6-4-3-5-7-11-15-23/h16-17,29H,3-15,24H2,1-2H3,(H,27,28). The number of nitrogens with zero attached hydrogens (tertiary/aromatic N) is 2. The Morgan fingerprint density at radius 2 is 1.59 bits per heavy atom. The minimum Gasteiger partial charge on any atom is -0.384 e. The number of nitrogens with one attached hydrogen (secondary N) is 1. The first kappa shape index (κ1) is 22.3. The zero-order chi connectivity index (χ0) is 20.9. The second kappa shape index (κ2) is 9.59. The van der Waals surface area contributed by atoms with Gasteiger partial charge >= 0.3 is 0 Å². The topological polar surface area (TPSA) is 75.1 Å². The summed E-state index contributed by atoms with van der Waals surface area (Å²) in [5, 5.41) is 13.9. The van der Waals surface area contributed by atoms with Crippen molar-refractivity contribution in [1.29, 1.82) is 0 Å². The lowest BCUT2D eigenvalue weighted by Gasteiger charge is -2.32. The van der Waals surface area contributed by atoms with Crippen LogP contribution < -0.4 is 5.32 Å². The summed E-state index contributed by atoms with van der Waals surface area (Å²) in [5.74, 6) is 0.896. The van der Waals surface area contributed by atoms with Crippen LogP contribution in [0.5, 0.6) is 0 Å². The molecule has 0 spiro atoms. The third-order valence-corrected chi connectivity index (χ3v) is 6.70. The van der Waals surface area contributed by atoms with E-state index in [4.69, 9.17) is 0 Å². The maximum absolute atomic E-state index is 13.2. The van der Waals surface area contributed by atoms with Gasteiger partial charge < -0.3 is 10.4 Å². The third kappa shape index (κ3) is 6.27. The minimum atomic E-state index is -1.09. The van der Waals surface area contributed by atoms with Crippen LogP contribution in [-0.4, -0.2) is 34.3 Å². The van der Waals surface area contributed by atoms with Gasteiger partial charge in [0, 0.05) is 11.4 Å². The molecule has 2 fully saturated rings. The van der Waals surface area contributed by atoms with Gasteiger partial charge in [-0.1, -0.05) is 57.8 Å². The van der Waals surface area contributed by atoms with E-state index in [2.05, 4.69) is 23.1 Å². The van der Waals surface area contributed by atoms with E-state index in [-0.39, 0.29) is 11.3 Å². The molecule has 1 aromatic rings. The molecule has 2 N–H and O–H groups in total. The fourth-order valence-corrected chi connectivity index (χ4v) is 4.76. The van der Waals surface area contributed by atoms with E-state index in [1.807, 2.05) is 0 Å². The Morgan fingerprint density at radius 1 is 1.03 bits per heavy atom. The van der Waals surface area contributed by atoms with Crippen LogP contribution in [0.3, 0.4) is 0 Å². The molecule has 1 heterocycles. The average molecular weight is 399 g/mol. The molecule has 0 aliphatic heterocycles. The van der Waals surface area contributed by atoms with Crippen molar-refractivity contribution in [3.8, 4) is 0 Å². The Labute approximate surface area is 176 Å². The molecular formula is C23H38BN3O2. The summed E-state index contributed by atoms with van der Waals surface area (Å²) in [6, 6.07) is 1.68. The molecular weight excluding hydrogens is 361 g/mol. The summed E-state index contributed by atoms with van der Waals surface area (Å²) in [6.45, 7) is 3.44. The molecule has 29 heavy (non-hydrogen) atoms. The summed E-state index contributed by atoms with van der Waals surface area (Å²) in [7, 11) is 2.18. The second-order valence-corrected chi connectivity index (χ2v) is 10.0. The summed E-state index contributed by atoms with van der Waals surface area (Å²) in [5.41, 5.74) is -0.346. The molecule has 0 radical (unpaired) electrons. The van der Waals surface area contributed by atoms with Crippen LogP contribution in [0.2, 0.25) is 0 Å². The summed E-state index contributed by atoms with van der Waals surface area (Å²) in [6.07, 6.45) is 15.3. The van der Waals surface area contributed by atoms with Gasteiger partial charge in [0.1, 0.15) is 25.0 Å². The van der Waals surface area contributed by atoms with Crippen LogP contribution in [0.1, 0.15) is 125 Å². The molecule has 2 aliphatic rings. The molecule has 1 amide bonds. The van der Waals surface area contributed by atoms with Crippen LogP contribution in [0.4, 0.5) is 0 Å². The molecule has 5 nitrogen and oxygen atoms in total. The zero-order valence-electron chi connectivity index (χ0n) is 18.6. The molecule has 0 saturated heterocycles. The Hall–Kier alpha value is -1.43. The van der Waals surface area contributed by atoms with Crippen molar-refractivity contribution in [3.63, 3.8) is 0 Å². The Morgan fingerprint density at radius 3 is 2.14 bits per heavy atom. The normalized spacial score (nSPS) is 21.6. The van der Waals surface area contributed by atoms with Gasteiger partial charge in [0.2, 0.25) is 0 Å². The zero-order valence-corrected chi connectivity index (χ0v) is 18.6. The van der Waals surface area contributed by atoms with E-state index in [0.717, 1.165) is 44.3 Å². The number of aliphatic hydroxyl groups is 1. The van der Waals surface area contributed by atoms with Crippen molar-refractivity contribution in [2.24, 2.45) is 0 Å². The SMILES string of the molecule is BC1(NC(=O)c2cc(C(C)(C)O)nc(C3CCCC3)n2)CCCCCCCCC1. The number of carbonyl (C=O) groups excluding carboxylic acids is 1. The highest BCUT2D eigenvalue weighted by Gasteiger charge is 2.30. The van der Waals surface area contributed by atoms with Crippen molar-refractivity contribution in [2.75, 3.05) is 0 Å². The predicted octanol–water partition coefficient (Wildman–Crippen LogP) is 3.95. The number of amides is 1. The molecule has 3 rings (SSSR count). The number of aromatic nitrogens is 2. The fraction of sp³-hybridized carbons (Fsp3) is 0.783. The maximum atomic E-state index is 13.2. The van der Waals surface area contributed by atoms with E-state index < -0.39 is 5.60 Å². The Kier molecular flexibility index (Phi) is 7.36. The Bertz CT molecular complexity index is 686. The first-order chi connectivity index (χ1) is 13.8. The highest BCUT2D eigenvalue weighted by atomic mass is 16.3. The van der Waals surface area contributed by atoms with Gasteiger partial charge in [0.25, 0.3) is 5.91 Å². The van der Waals surface area contributed by atoms with Crippen LogP contribution >= 0.6 is 0 Å². The second-order valence-electron chi connectivity index (χ2n) is 10.0. The first-order valence-corrected chi connectivity index (χ1v) is 11.7. The summed E-state index contributed by atoms with van der Waals surface area (Å²) >= 11 is 0. The van der Waals surface area contributed by atoms with E-state index in [0.29, 0.717) is 17.3 Å². The lowest BCUT2D eigenvalue weighted by Crippen LogP contribution is -2.49. The van der Waals surface area contributed by atoms with Crippen molar-refractivity contribution in [1.82, 2.24) is 15.3 Å². The third-order valence-electron chi connectivity index (χ3n) is 6.70. The largest absolute Gasteiger partial charge is 0.384 e. The van der Waals surface area contributed by atoms with Crippen molar-refractivity contribution in [2.45, 2.75) is 114 Å². The minimum absolute atomic E-state index is 0.128. The van der Waals surface area contributed by atoms with Crippen LogP contribution in [0.25, 0.3) is 0 Å². The molecule has 2 aliphatic carbocycles. The predicted molar refractivity (Wildman–Crippen MR) is 119 cm³/mol. The molecule has 160 valence electrons. The van der Waals surface area contributed by atoms with E-state index in [1.165, 1.54) is 44.9 Å². The quantitative estimate of drug-likeness (QED) is 0.752. The van der Waals surface area contributed by atoms with Gasteiger partial charge in [0.05, 0.1) is 5.69 Å². The van der Waals surface area contributed by atoms with E-state index >= 15 is 0 Å². The highest BCUT2D eigenvalue weighted by Crippen LogP contribution is 2.33. The number of hydrogen-bond acceptors (Lipinski definition) is 4. The molecule has 2 saturated carbocycles. The lowest BCUT2D eigenvalue weighted by atomic mass is 9.69. The van der Waals surface area contributed by atoms with Gasteiger partial charge in [-0.25, -0.2) is 9.97 Å². The summed E-state index contributed by atoms with van der Waals surface area (Å²) < 4.78 is 0. The molecule has 0 atom stereocenters. The average Bonchev–Trinajstić information content (AvgIpc) is 3.21. The van der Waals surface area contributed by atoms with Crippen LogP contribution in [-0.2, 0) is 5.60 Å². The van der Waals surface area contributed by atoms with Crippen LogP contribution in [0.15, 0.2) is 6.07 Å². The number of rotatable bonds is 4. The molecule has 6 heteroatoms. The lowest BCUT2D eigenvalue weighted by molar-refractivity contribution is 0.0730. The smallest absolute Gasteiger partial charge is 0.269 e. The number of hydrogen-bond donors (Lipinski definition) is 2. The maximum Gasteiger partial charge on any atom is 0.269 e. The highest BCUT2D eigenvalue weighted by molar-refractivity contribution is 6.17. The van der Waals surface area contributed by atoms with E-state index in [9.17, 15) is 9.90 Å². The number of carbonyl (C=O) groups is 1. The van der Waals surface area contributed by atoms with Gasteiger partial charge in [-0.3, -0.25) is 4.79 Å². The van der Waals surface area contributed by atoms with Crippen molar-refractivity contribution < 1.29 is 9.90 Å². The van der Waals surface area contributed by atoms with Crippen LogP contribution in [0, 0.1) is 0 Å². The fourth-order valence-electron chi connectivity index (χ4n) is 4.76. The molecule has 0 bridgehead atoms. The van der Waals surface area contributed by atoms with Gasteiger partial charge in [0.15, 0.2) is 0 Å². The van der Waals surface area contributed by atoms with Gasteiger partial charge in [-0.15, -0.1) is 0 Å². The molecule has 1 aromatic heterocycles. The molecule has 0 aromatic carbocycles. The van der Waals surface area contributed by atoms with Gasteiger partial charge in [-0.05, 0) is 45.6 Å². The molecule has 0 unspecified atom stereocenters. The first-order valence-electron chi connectivity index (χ1n) is 11.7. The van der Waals surface area contributed by atoms with Crippen molar-refractivity contribution in [3.05, 3.63) is 23.3 Å².